The van der Waals surface area contributed by atoms with Gasteiger partial charge in [-0.25, -0.2) is 0 Å². The third-order valence-electron chi connectivity index (χ3n) is 2.91. The first-order chi connectivity index (χ1) is 6.74. The first-order valence-electron chi connectivity index (χ1n) is 4.97. The number of hydrogen-bond donors (Lipinski definition) is 1. The van der Waals surface area contributed by atoms with E-state index in [1.165, 1.54) is 22.4 Å². The second-order valence-corrected chi connectivity index (χ2v) is 3.89. The molecule has 1 atom stereocenters. The molecule has 2 nitrogen and oxygen atoms in total. The van der Waals surface area contributed by atoms with Gasteiger partial charge in [-0.05, 0) is 37.0 Å². The molecule has 1 unspecified atom stereocenters. The molecule has 0 saturated heterocycles. The Morgan fingerprint density at radius 1 is 1.36 bits per heavy atom. The number of nitrogens with zero attached hydrogens (tertiary/aromatic N) is 1. The zero-order valence-corrected chi connectivity index (χ0v) is 8.59. The maximum absolute atomic E-state index is 9.08. The molecule has 1 aromatic carbocycles. The molecule has 0 amide bonds. The van der Waals surface area contributed by atoms with Gasteiger partial charge < -0.3 is 5.32 Å². The zero-order chi connectivity index (χ0) is 10.1. The maximum Gasteiger partial charge on any atom is 0.0752 e. The fraction of sp³-hybridized carbons (Fsp3) is 0.417. The van der Waals surface area contributed by atoms with Crippen LogP contribution in [0.2, 0.25) is 0 Å². The van der Waals surface area contributed by atoms with E-state index >= 15 is 0 Å². The van der Waals surface area contributed by atoms with E-state index in [1.807, 2.05) is 0 Å². The van der Waals surface area contributed by atoms with Crippen LogP contribution in [0.1, 0.15) is 29.0 Å². The molecule has 1 aliphatic rings. The van der Waals surface area contributed by atoms with E-state index in [0.717, 1.165) is 13.0 Å². The van der Waals surface area contributed by atoms with Crippen LogP contribution in [0.4, 0.5) is 5.69 Å². The van der Waals surface area contributed by atoms with Crippen LogP contribution in [0.15, 0.2) is 12.1 Å². The molecule has 1 N–H and O–H groups in total. The lowest BCUT2D eigenvalue weighted by atomic mass is 9.87. The molecular formula is C12H14N2. The van der Waals surface area contributed by atoms with Crippen LogP contribution < -0.4 is 5.32 Å². The van der Waals surface area contributed by atoms with Gasteiger partial charge >= 0.3 is 0 Å². The van der Waals surface area contributed by atoms with E-state index in [1.54, 1.807) is 0 Å². The standard InChI is InChI=1S/C12H14N2/c1-8-3-4-9(2)12-11(8)10(7-13)5-6-14-12/h3-4,10,14H,5-6H2,1-2H3. The van der Waals surface area contributed by atoms with Gasteiger partial charge in [0.2, 0.25) is 0 Å². The predicted octanol–water partition coefficient (Wildman–Crippen LogP) is 2.73. The molecule has 0 saturated carbocycles. The highest BCUT2D eigenvalue weighted by atomic mass is 14.9. The Kier molecular flexibility index (Phi) is 2.17. The second-order valence-electron chi connectivity index (χ2n) is 3.89. The Labute approximate surface area is 84.6 Å². The molecule has 0 bridgehead atoms. The van der Waals surface area contributed by atoms with Crippen LogP contribution in [0.3, 0.4) is 0 Å². The number of fused-ring (bicyclic) bond motifs is 1. The number of nitrogens with one attached hydrogen (secondary N) is 1. The van der Waals surface area contributed by atoms with Crippen molar-refractivity contribution in [3.05, 3.63) is 28.8 Å². The van der Waals surface area contributed by atoms with Crippen molar-refractivity contribution in [3.63, 3.8) is 0 Å². The monoisotopic (exact) mass is 186 g/mol. The van der Waals surface area contributed by atoms with Crippen LogP contribution >= 0.6 is 0 Å². The molecule has 14 heavy (non-hydrogen) atoms. The average Bonchev–Trinajstić information content (AvgIpc) is 2.23. The number of benzene rings is 1. The first kappa shape index (κ1) is 9.08. The lowest BCUT2D eigenvalue weighted by molar-refractivity contribution is 0.745. The lowest BCUT2D eigenvalue weighted by Crippen LogP contribution is -2.17. The van der Waals surface area contributed by atoms with Crippen LogP contribution in [-0.2, 0) is 0 Å². The van der Waals surface area contributed by atoms with Crippen molar-refractivity contribution in [1.82, 2.24) is 0 Å². The van der Waals surface area contributed by atoms with Gasteiger partial charge in [0.05, 0.1) is 12.0 Å². The molecule has 72 valence electrons. The van der Waals surface area contributed by atoms with Crippen LogP contribution in [0.25, 0.3) is 0 Å². The lowest BCUT2D eigenvalue weighted by Gasteiger charge is -2.25. The molecule has 0 aromatic heterocycles. The highest BCUT2D eigenvalue weighted by Gasteiger charge is 2.22. The van der Waals surface area contributed by atoms with E-state index in [-0.39, 0.29) is 5.92 Å². The van der Waals surface area contributed by atoms with Crippen molar-refractivity contribution in [1.29, 1.82) is 5.26 Å². The van der Waals surface area contributed by atoms with Gasteiger partial charge in [0, 0.05) is 12.2 Å². The van der Waals surface area contributed by atoms with Gasteiger partial charge in [0.1, 0.15) is 0 Å². The van der Waals surface area contributed by atoms with E-state index in [9.17, 15) is 0 Å². The summed E-state index contributed by atoms with van der Waals surface area (Å²) < 4.78 is 0. The van der Waals surface area contributed by atoms with E-state index in [2.05, 4.69) is 37.4 Å². The molecule has 0 spiro atoms. The van der Waals surface area contributed by atoms with Crippen LogP contribution in [0.5, 0.6) is 0 Å². The fourth-order valence-electron chi connectivity index (χ4n) is 2.13. The summed E-state index contributed by atoms with van der Waals surface area (Å²) in [6.07, 6.45) is 0.924. The summed E-state index contributed by atoms with van der Waals surface area (Å²) in [4.78, 5) is 0. The Hall–Kier alpha value is -1.49. The van der Waals surface area contributed by atoms with E-state index in [4.69, 9.17) is 5.26 Å². The van der Waals surface area contributed by atoms with E-state index in [0.29, 0.717) is 0 Å². The highest BCUT2D eigenvalue weighted by molar-refractivity contribution is 5.64. The Morgan fingerprint density at radius 3 is 2.79 bits per heavy atom. The third-order valence-corrected chi connectivity index (χ3v) is 2.91. The molecular weight excluding hydrogens is 172 g/mol. The van der Waals surface area contributed by atoms with Gasteiger partial charge in [-0.3, -0.25) is 0 Å². The van der Waals surface area contributed by atoms with Gasteiger partial charge in [0.15, 0.2) is 0 Å². The van der Waals surface area contributed by atoms with Crippen molar-refractivity contribution >= 4 is 5.69 Å². The van der Waals surface area contributed by atoms with Crippen molar-refractivity contribution in [3.8, 4) is 6.07 Å². The topological polar surface area (TPSA) is 35.8 Å². The average molecular weight is 186 g/mol. The molecule has 0 radical (unpaired) electrons. The number of nitriles is 1. The van der Waals surface area contributed by atoms with Crippen LogP contribution in [0, 0.1) is 25.2 Å². The molecule has 1 heterocycles. The van der Waals surface area contributed by atoms with Gasteiger partial charge in [0.25, 0.3) is 0 Å². The van der Waals surface area contributed by atoms with E-state index < -0.39 is 0 Å². The van der Waals surface area contributed by atoms with Crippen molar-refractivity contribution in [2.75, 3.05) is 11.9 Å². The molecule has 1 aliphatic heterocycles. The molecule has 0 fully saturated rings. The Bertz CT molecular complexity index is 402. The molecule has 0 aliphatic carbocycles. The summed E-state index contributed by atoms with van der Waals surface area (Å²) in [5.74, 6) is 0.0751. The number of anilines is 1. The summed E-state index contributed by atoms with van der Waals surface area (Å²) >= 11 is 0. The SMILES string of the molecule is Cc1ccc(C)c2c1NCCC2C#N. The highest BCUT2D eigenvalue weighted by Crippen LogP contribution is 2.35. The molecule has 2 heteroatoms. The largest absolute Gasteiger partial charge is 0.385 e. The number of aryl methyl sites for hydroxylation is 2. The number of rotatable bonds is 0. The summed E-state index contributed by atoms with van der Waals surface area (Å²) in [6.45, 7) is 5.08. The summed E-state index contributed by atoms with van der Waals surface area (Å²) in [5.41, 5.74) is 4.86. The quantitative estimate of drug-likeness (QED) is 0.676. The Balaban J connectivity index is 2.62. The van der Waals surface area contributed by atoms with Gasteiger partial charge in [-0.15, -0.1) is 0 Å². The van der Waals surface area contributed by atoms with Gasteiger partial charge in [-0.2, -0.15) is 5.26 Å². The number of hydrogen-bond acceptors (Lipinski definition) is 2. The summed E-state index contributed by atoms with van der Waals surface area (Å²) in [5, 5.41) is 12.5. The minimum atomic E-state index is 0.0751. The predicted molar refractivity (Wildman–Crippen MR) is 57.4 cm³/mol. The maximum atomic E-state index is 9.08. The first-order valence-corrected chi connectivity index (χ1v) is 4.97. The second kappa shape index (κ2) is 3.34. The van der Waals surface area contributed by atoms with Crippen molar-refractivity contribution in [2.45, 2.75) is 26.2 Å². The Morgan fingerprint density at radius 2 is 2.07 bits per heavy atom. The smallest absolute Gasteiger partial charge is 0.0752 e. The minimum absolute atomic E-state index is 0.0751. The summed E-state index contributed by atoms with van der Waals surface area (Å²) in [6, 6.07) is 6.60. The minimum Gasteiger partial charge on any atom is -0.385 e. The summed E-state index contributed by atoms with van der Waals surface area (Å²) in [7, 11) is 0. The van der Waals surface area contributed by atoms with Crippen LogP contribution in [-0.4, -0.2) is 6.54 Å². The molecule has 2 rings (SSSR count). The normalized spacial score (nSPS) is 19.4. The van der Waals surface area contributed by atoms with Gasteiger partial charge in [-0.1, -0.05) is 12.1 Å². The third kappa shape index (κ3) is 1.26. The van der Waals surface area contributed by atoms with Crippen molar-refractivity contribution < 1.29 is 0 Å². The van der Waals surface area contributed by atoms with Crippen molar-refractivity contribution in [2.24, 2.45) is 0 Å². The fourth-order valence-corrected chi connectivity index (χ4v) is 2.13. The molecule has 1 aromatic rings. The zero-order valence-electron chi connectivity index (χ0n) is 8.59.